The van der Waals surface area contributed by atoms with Crippen molar-refractivity contribution in [2.75, 3.05) is 118 Å². The van der Waals surface area contributed by atoms with Crippen LogP contribution in [-0.2, 0) is 59.3 Å². The van der Waals surface area contributed by atoms with Gasteiger partial charge in [-0.3, -0.25) is 76.4 Å². The van der Waals surface area contributed by atoms with Gasteiger partial charge in [-0.1, -0.05) is 6.58 Å². The van der Waals surface area contributed by atoms with Gasteiger partial charge in [0.25, 0.3) is 28.1 Å². The topological polar surface area (TPSA) is 536 Å². The Morgan fingerprint density at radius 1 is 0.521 bits per heavy atom. The van der Waals surface area contributed by atoms with Crippen LogP contribution >= 0.6 is 34.4 Å². The van der Waals surface area contributed by atoms with Crippen LogP contribution in [0.2, 0.25) is 0 Å². The lowest BCUT2D eigenvalue weighted by Gasteiger charge is -2.33. The van der Waals surface area contributed by atoms with Crippen LogP contribution in [-0.4, -0.2) is 356 Å². The molecule has 0 radical (unpaired) electrons. The molecule has 20 atom stereocenters. The van der Waals surface area contributed by atoms with Crippen LogP contribution in [0.4, 0.5) is 4.39 Å². The van der Waals surface area contributed by atoms with Gasteiger partial charge in [-0.25, -0.2) is 23.6 Å². The Kier molecular flexibility index (Phi) is 36.6. The van der Waals surface area contributed by atoms with E-state index in [4.69, 9.17) is 33.2 Å². The van der Waals surface area contributed by atoms with Gasteiger partial charge in [0.1, 0.15) is 78.2 Å². The predicted octanol–water partition coefficient (Wildman–Crippen LogP) is -0.758. The number of ketones is 3. The smallest absolute Gasteiger partial charge is 0.332 e. The van der Waals surface area contributed by atoms with Crippen molar-refractivity contribution in [1.82, 2.24) is 48.4 Å². The van der Waals surface area contributed by atoms with E-state index in [1.807, 2.05) is 54.9 Å². The maximum absolute atomic E-state index is 14.2. The third kappa shape index (κ3) is 28.9. The average Bonchev–Trinajstić information content (AvgIpc) is 1.65. The summed E-state index contributed by atoms with van der Waals surface area (Å²) in [6.45, 7) is 19.8. The predicted molar refractivity (Wildman–Crippen MR) is 469 cm³/mol. The number of rotatable bonds is 28. The SMILES string of the molecule is C=C1NC(=O)C=CN1[C@@H]1O[C@H](CCP(=C)(C)C)[C@@H](O)[C@H]1OC.C=P(C)(C)CC[C@H]1O[C@@H](c2c[nH]c(=O)[nH]c2=O)[C@H](F)[C@@H]1O.C=P(C)(C)CC[C@H]1O[C@@H](n2cc(C(=O)CC(C)=O)c(=O)[nH]c2=O)[C@H](O)[C@@H]1O.C=P(C)(C)CC[C@H]1O[C@@H](n2cc(C(=O)COC(C)=O)c(=O)[nH]c2=O)[C@H](O)[C@@H]1O.C=P(C)(C)CC[C@H]1O[C@@H](n2ccc(=O)n(C)c2=O)[C@H](OC)[C@@H]1O. The van der Waals surface area contributed by atoms with E-state index in [9.17, 15) is 102 Å². The number of hydrogen-bond acceptors (Lipinski definition) is 29. The minimum absolute atomic E-state index is 0.0210. The maximum Gasteiger partial charge on any atom is 0.332 e. The van der Waals surface area contributed by atoms with Crippen molar-refractivity contribution >= 4 is 95.2 Å². The number of aliphatic hydroxyl groups is 7. The van der Waals surface area contributed by atoms with Crippen molar-refractivity contribution in [3.63, 3.8) is 0 Å². The van der Waals surface area contributed by atoms with Crippen LogP contribution in [0.5, 0.6) is 0 Å². The first-order valence-corrected chi connectivity index (χ1v) is 53.7. The molecule has 38 nitrogen and oxygen atoms in total. The lowest BCUT2D eigenvalue weighted by atomic mass is 10.0. The fraction of sp³-hybridized carbons (Fsp3) is 0.610. The molecule has 0 aromatic carbocycles. The Hall–Kier alpha value is -7.18. The first-order valence-electron chi connectivity index (χ1n) is 38.4. The monoisotopic (exact) mass is 1810 g/mol. The number of amides is 1. The number of alkyl halides is 1. The van der Waals surface area contributed by atoms with E-state index in [1.165, 1.54) is 44.0 Å². The second kappa shape index (κ2) is 43.1. The minimum Gasteiger partial charge on any atom is -0.457 e. The number of H-pyrrole nitrogens is 4. The highest BCUT2D eigenvalue weighted by Gasteiger charge is 2.50. The number of esters is 1. The van der Waals surface area contributed by atoms with Gasteiger partial charge in [0.2, 0.25) is 5.78 Å². The molecule has 0 aliphatic carbocycles. The molecule has 0 saturated carbocycles. The van der Waals surface area contributed by atoms with Gasteiger partial charge in [0, 0.05) is 71.3 Å². The molecule has 6 aliphatic heterocycles. The van der Waals surface area contributed by atoms with Gasteiger partial charge < -0.3 is 88.8 Å². The summed E-state index contributed by atoms with van der Waals surface area (Å²) >= 11 is 0. The van der Waals surface area contributed by atoms with Gasteiger partial charge in [-0.15, -0.1) is 65.9 Å². The Morgan fingerprint density at radius 3 is 1.31 bits per heavy atom. The number of aromatic amines is 4. The molecule has 44 heteroatoms. The van der Waals surface area contributed by atoms with E-state index < -0.39 is 232 Å². The lowest BCUT2D eigenvalue weighted by Crippen LogP contribution is -2.47. The first kappa shape index (κ1) is 103. The molecule has 10 heterocycles. The lowest BCUT2D eigenvalue weighted by molar-refractivity contribution is -0.139. The summed E-state index contributed by atoms with van der Waals surface area (Å²) in [4.78, 5) is 162. The maximum atomic E-state index is 14.2. The molecule has 0 bridgehead atoms. The zero-order valence-corrected chi connectivity index (χ0v) is 75.3. The molecule has 5 saturated heterocycles. The van der Waals surface area contributed by atoms with E-state index in [2.05, 4.69) is 79.8 Å². The van der Waals surface area contributed by atoms with Crippen molar-refractivity contribution in [3.05, 3.63) is 156 Å². The Labute approximate surface area is 698 Å². The quantitative estimate of drug-likeness (QED) is 0.0144. The number of nitrogens with zero attached hydrogens (tertiary/aromatic N) is 5. The summed E-state index contributed by atoms with van der Waals surface area (Å²) in [5.41, 5.74) is -6.77. The Bertz CT molecular complexity index is 5180. The largest absolute Gasteiger partial charge is 0.457 e. The van der Waals surface area contributed by atoms with E-state index in [1.54, 1.807) is 18.2 Å². The standard InChI is InChI=1S/C17H25N2O8P.C17H25N2O7P.C15H25N2O5P.C15H25N2O4P.C13H20FN2O4P/c1-9(20)26-8-11(21)10-7-19(17(25)18-15(10)24)16-14(23)13(22)12(27-16)5-6-28(2,3)4;1-9(20)7-11(21)10-8-19(17(25)18-15(10)24)16-14(23)13(22)12(26-16)5-6-27(2,3)4;1-16-11(18)6-8-17(15(16)20)14-13(21-2)12(19)10(22-14)7-9-23(3,4)5;1-10-16-12(18)6-8-17(10)15-14(20-2)13(19)11(21-15)7-9-22(3,4)5;1-21(2,3)5-4-8-10(17)9(14)11(20-8)7-6-15-13(19)16-12(7)18/h7,12-14,16,22-23H,2,5-6,8H2,1,3-4H3,(H,18,24,25);8,12-14,16,22-23H,2,5-7H2,1,3-4H3,(H,18,24,25);6,8,10,12-14,19H,3,7,9H2,1-2,4-5H3;6,8,11,13-15,19H,1,3,7,9H2,2,4-5H3,(H,16,18);6,8-11,17H,1,4-5H2,2-3H3,(H2,15,16,18,19)/t2*12-,13-,14-,16-;10-,12-,13-,14-;11-,13-,14-,15-;8-,9-,10-,11+/m11111/s1. The summed E-state index contributed by atoms with van der Waals surface area (Å²) < 4.78 is 62.3. The van der Waals surface area contributed by atoms with Crippen molar-refractivity contribution in [2.24, 2.45) is 7.05 Å². The number of aromatic nitrogens is 8. The average molecular weight is 1810 g/mol. The van der Waals surface area contributed by atoms with Crippen molar-refractivity contribution in [3.8, 4) is 0 Å². The number of carbonyl (C=O) groups excluding carboxylic acids is 5. The van der Waals surface area contributed by atoms with Gasteiger partial charge >= 0.3 is 28.7 Å². The molecule has 5 fully saturated rings. The molecule has 121 heavy (non-hydrogen) atoms. The third-order valence-corrected chi connectivity index (χ3v) is 27.4. The molecular weight excluding hydrogens is 1690 g/mol. The number of hydrogen-bond donors (Lipinski definition) is 12. The second-order valence-electron chi connectivity index (χ2n) is 33.9. The summed E-state index contributed by atoms with van der Waals surface area (Å²) in [5, 5.41) is 74.6. The normalized spacial score (nSPS) is 27.9. The summed E-state index contributed by atoms with van der Waals surface area (Å²) in [6, 6.07) is 1.29. The van der Waals surface area contributed by atoms with Crippen LogP contribution < -0.4 is 50.3 Å². The van der Waals surface area contributed by atoms with Gasteiger partial charge in [0.15, 0.2) is 43.5 Å². The van der Waals surface area contributed by atoms with Gasteiger partial charge in [0.05, 0.1) is 48.1 Å². The molecule has 12 N–H and O–H groups in total. The zero-order chi connectivity index (χ0) is 91.4. The summed E-state index contributed by atoms with van der Waals surface area (Å²) in [7, 11) is 4.42. The van der Waals surface area contributed by atoms with Gasteiger partial charge in [-0.05, 0) is 136 Å². The molecule has 1 amide bonds. The highest BCUT2D eigenvalue weighted by Crippen LogP contribution is 2.45. The second-order valence-corrected chi connectivity index (χ2v) is 55.5. The molecule has 4 aromatic heterocycles. The molecule has 678 valence electrons. The molecular formula is C77H120FN10O28P5. The highest BCUT2D eigenvalue weighted by molar-refractivity contribution is 7.73. The number of ether oxygens (including phenoxy) is 8. The van der Waals surface area contributed by atoms with Crippen molar-refractivity contribution in [1.29, 1.82) is 0 Å². The highest BCUT2D eigenvalue weighted by atomic mass is 31.2. The van der Waals surface area contributed by atoms with Crippen molar-refractivity contribution < 1.29 is 102 Å². The molecule has 0 spiro atoms. The Balaban J connectivity index is 0.000000235. The zero-order valence-electron chi connectivity index (χ0n) is 70.9. The minimum atomic E-state index is -1.70. The Morgan fingerprint density at radius 2 is 0.917 bits per heavy atom. The van der Waals surface area contributed by atoms with E-state index in [0.717, 1.165) is 70.3 Å². The number of aliphatic hydroxyl groups excluding tert-OH is 7. The van der Waals surface area contributed by atoms with E-state index >= 15 is 0 Å². The number of carbonyl (C=O) groups is 5. The fourth-order valence-electron chi connectivity index (χ4n) is 13.3. The number of nitrogens with one attached hydrogen (secondary N) is 5. The molecule has 10 rings (SSSR count). The third-order valence-electron chi connectivity index (χ3n) is 20.0. The molecule has 4 aromatic rings. The van der Waals surface area contributed by atoms with E-state index in [-0.39, 0.29) is 28.7 Å². The van der Waals surface area contributed by atoms with Crippen LogP contribution in [0, 0.1) is 0 Å². The van der Waals surface area contributed by atoms with Crippen LogP contribution in [0.3, 0.4) is 0 Å². The van der Waals surface area contributed by atoms with Crippen LogP contribution in [0.25, 0.3) is 0 Å². The summed E-state index contributed by atoms with van der Waals surface area (Å²) in [6.07, 6.45) is 15.4. The van der Waals surface area contributed by atoms with Gasteiger partial charge in [-0.2, -0.15) is 0 Å². The number of methoxy groups -OCH3 is 2. The number of halogens is 1. The molecule has 0 unspecified atom stereocenters. The molecule has 6 aliphatic rings. The van der Waals surface area contributed by atoms with Crippen LogP contribution in [0.15, 0.2) is 93.9 Å². The van der Waals surface area contributed by atoms with Crippen LogP contribution in [0.1, 0.15) is 103 Å². The first-order chi connectivity index (χ1) is 55.9. The van der Waals surface area contributed by atoms with E-state index in [0.29, 0.717) is 37.7 Å². The summed E-state index contributed by atoms with van der Waals surface area (Å²) in [5.74, 6) is -2.51. The number of Topliss-reactive ketones (excluding diaryl/α,β-unsaturated/α-hetero) is 3. The fourth-order valence-corrected chi connectivity index (χ4v) is 18.1. The van der Waals surface area contributed by atoms with Crippen molar-refractivity contribution in [2.45, 2.75) is 175 Å².